The minimum atomic E-state index is -0.699. The van der Waals surface area contributed by atoms with Gasteiger partial charge in [0.25, 0.3) is 0 Å². The number of carbonyl (C=O) groups excluding carboxylic acids is 4. The molecule has 38 heavy (non-hydrogen) atoms. The SMILES string of the molecule is O=C(OCC(=O)c1ccc(Cl)cc1Cl)c1ccc(N2C(=O)[C@@H]3[C@@H]4C[C@H]([C@H]3C2=O)[C@H](c2ccccc2)C4)cc1. The van der Waals surface area contributed by atoms with Gasteiger partial charge in [-0.15, -0.1) is 0 Å². The number of hydrogen-bond acceptors (Lipinski definition) is 5. The van der Waals surface area contributed by atoms with Crippen LogP contribution in [0.5, 0.6) is 0 Å². The first-order chi connectivity index (χ1) is 18.3. The largest absolute Gasteiger partial charge is 0.454 e. The van der Waals surface area contributed by atoms with Gasteiger partial charge >= 0.3 is 5.97 Å². The van der Waals surface area contributed by atoms with Crippen LogP contribution in [0, 0.1) is 23.7 Å². The lowest BCUT2D eigenvalue weighted by Crippen LogP contribution is -2.33. The molecular weight excluding hydrogens is 525 g/mol. The van der Waals surface area contributed by atoms with Gasteiger partial charge in [-0.1, -0.05) is 53.5 Å². The first-order valence-corrected chi connectivity index (χ1v) is 13.3. The first-order valence-electron chi connectivity index (χ1n) is 12.5. The second-order valence-corrected chi connectivity index (χ2v) is 11.0. The Kier molecular flexibility index (Phi) is 6.33. The molecule has 0 N–H and O–H groups in total. The van der Waals surface area contributed by atoms with E-state index in [0.29, 0.717) is 16.6 Å². The number of nitrogens with zero attached hydrogens (tertiary/aromatic N) is 1. The number of carbonyl (C=O) groups is 4. The lowest BCUT2D eigenvalue weighted by Gasteiger charge is -2.28. The molecule has 0 spiro atoms. The molecule has 3 aromatic rings. The first kappa shape index (κ1) is 24.8. The second-order valence-electron chi connectivity index (χ2n) is 10.1. The van der Waals surface area contributed by atoms with Gasteiger partial charge in [0.15, 0.2) is 6.61 Å². The molecule has 2 saturated carbocycles. The fourth-order valence-corrected chi connectivity index (χ4v) is 7.07. The van der Waals surface area contributed by atoms with Crippen molar-refractivity contribution in [3.8, 4) is 0 Å². The molecule has 0 aromatic heterocycles. The van der Waals surface area contributed by atoms with E-state index in [0.717, 1.165) is 12.8 Å². The summed E-state index contributed by atoms with van der Waals surface area (Å²) < 4.78 is 5.16. The highest BCUT2D eigenvalue weighted by molar-refractivity contribution is 6.36. The number of ketones is 1. The maximum Gasteiger partial charge on any atom is 0.338 e. The standard InChI is InChI=1S/C30H23Cl2NO5/c31-19-8-11-21(24(32)14-19)25(34)15-38-30(37)17-6-9-20(10-7-17)33-28(35)26-18-12-22(16-4-2-1-3-5-16)23(13-18)27(26)29(33)36/h1-11,14,18,22-23,26-27H,12-13,15H2/t18-,22-,23-,26+,27+/m0/s1. The van der Waals surface area contributed by atoms with Crippen LogP contribution in [0.15, 0.2) is 72.8 Å². The molecule has 6 rings (SSSR count). The lowest BCUT2D eigenvalue weighted by atomic mass is 9.73. The summed E-state index contributed by atoms with van der Waals surface area (Å²) in [6.45, 7) is -0.486. The van der Waals surface area contributed by atoms with Gasteiger partial charge < -0.3 is 4.74 Å². The smallest absolute Gasteiger partial charge is 0.338 e. The highest BCUT2D eigenvalue weighted by atomic mass is 35.5. The minimum Gasteiger partial charge on any atom is -0.454 e. The minimum absolute atomic E-state index is 0.153. The second kappa shape index (κ2) is 9.68. The van der Waals surface area contributed by atoms with Crippen molar-refractivity contribution in [2.24, 2.45) is 23.7 Å². The Balaban J connectivity index is 1.13. The Morgan fingerprint density at radius 1 is 0.868 bits per heavy atom. The molecule has 2 amide bonds. The van der Waals surface area contributed by atoms with E-state index in [9.17, 15) is 19.2 Å². The van der Waals surface area contributed by atoms with Crippen LogP contribution < -0.4 is 4.90 Å². The summed E-state index contributed by atoms with van der Waals surface area (Å²) in [6, 6.07) is 20.8. The topological polar surface area (TPSA) is 80.8 Å². The molecule has 5 atom stereocenters. The maximum absolute atomic E-state index is 13.5. The lowest BCUT2D eigenvalue weighted by molar-refractivity contribution is -0.123. The third-order valence-corrected chi connectivity index (χ3v) is 8.72. The number of halogens is 2. The third kappa shape index (κ3) is 4.12. The molecule has 1 heterocycles. The van der Waals surface area contributed by atoms with E-state index < -0.39 is 18.4 Å². The number of amides is 2. The summed E-state index contributed by atoms with van der Waals surface area (Å²) in [5.74, 6) is -1.39. The van der Waals surface area contributed by atoms with E-state index >= 15 is 0 Å². The van der Waals surface area contributed by atoms with Crippen molar-refractivity contribution in [2.45, 2.75) is 18.8 Å². The normalized spacial score (nSPS) is 25.5. The molecule has 3 fully saturated rings. The van der Waals surface area contributed by atoms with E-state index in [1.54, 1.807) is 12.1 Å². The number of esters is 1. The van der Waals surface area contributed by atoms with Gasteiger partial charge in [-0.05, 0) is 78.6 Å². The molecule has 0 unspecified atom stereocenters. The van der Waals surface area contributed by atoms with E-state index in [2.05, 4.69) is 12.1 Å². The fraction of sp³-hybridized carbons (Fsp3) is 0.267. The summed E-state index contributed by atoms with van der Waals surface area (Å²) in [7, 11) is 0. The summed E-state index contributed by atoms with van der Waals surface area (Å²) in [5.41, 5.74) is 2.08. The van der Waals surface area contributed by atoms with Crippen LogP contribution in [0.4, 0.5) is 5.69 Å². The van der Waals surface area contributed by atoms with Crippen molar-refractivity contribution >= 4 is 52.5 Å². The third-order valence-electron chi connectivity index (χ3n) is 8.17. The number of imide groups is 1. The van der Waals surface area contributed by atoms with Crippen LogP contribution in [0.2, 0.25) is 10.0 Å². The molecule has 3 aliphatic rings. The average molecular weight is 548 g/mol. The Morgan fingerprint density at radius 3 is 2.29 bits per heavy atom. The van der Waals surface area contributed by atoms with Crippen molar-refractivity contribution in [1.82, 2.24) is 0 Å². The van der Waals surface area contributed by atoms with Crippen molar-refractivity contribution < 1.29 is 23.9 Å². The van der Waals surface area contributed by atoms with Gasteiger partial charge in [-0.2, -0.15) is 0 Å². The molecular formula is C30H23Cl2NO5. The Hall–Kier alpha value is -3.48. The van der Waals surface area contributed by atoms with E-state index in [-0.39, 0.29) is 51.6 Å². The molecule has 6 nitrogen and oxygen atoms in total. The Morgan fingerprint density at radius 2 is 1.58 bits per heavy atom. The zero-order valence-electron chi connectivity index (χ0n) is 20.2. The fourth-order valence-electron chi connectivity index (χ4n) is 6.55. The zero-order valence-corrected chi connectivity index (χ0v) is 21.7. The summed E-state index contributed by atoms with van der Waals surface area (Å²) in [4.78, 5) is 53.1. The molecule has 1 saturated heterocycles. The molecule has 2 bridgehead atoms. The number of hydrogen-bond donors (Lipinski definition) is 0. The number of rotatable bonds is 6. The van der Waals surface area contributed by atoms with E-state index in [1.165, 1.54) is 40.8 Å². The van der Waals surface area contributed by atoms with Gasteiger partial charge in [0.2, 0.25) is 17.6 Å². The van der Waals surface area contributed by atoms with Crippen molar-refractivity contribution in [1.29, 1.82) is 0 Å². The van der Waals surface area contributed by atoms with Crippen LogP contribution in [0.3, 0.4) is 0 Å². The summed E-state index contributed by atoms with van der Waals surface area (Å²) in [5, 5.41) is 0.571. The molecule has 1 aliphatic heterocycles. The number of fused-ring (bicyclic) bond motifs is 5. The molecule has 0 radical (unpaired) electrons. The van der Waals surface area contributed by atoms with Gasteiger partial charge in [-0.25, -0.2) is 4.79 Å². The van der Waals surface area contributed by atoms with Gasteiger partial charge in [-0.3, -0.25) is 19.3 Å². The molecule has 3 aromatic carbocycles. The van der Waals surface area contributed by atoms with Crippen LogP contribution in [0.1, 0.15) is 45.0 Å². The maximum atomic E-state index is 13.5. The quantitative estimate of drug-likeness (QED) is 0.216. The molecule has 2 aliphatic carbocycles. The molecule has 8 heteroatoms. The average Bonchev–Trinajstić information content (AvgIpc) is 3.59. The van der Waals surface area contributed by atoms with Gasteiger partial charge in [0.05, 0.1) is 28.1 Å². The van der Waals surface area contributed by atoms with Crippen molar-refractivity contribution in [3.63, 3.8) is 0 Å². The predicted molar refractivity (Wildman–Crippen MR) is 142 cm³/mol. The van der Waals surface area contributed by atoms with Crippen molar-refractivity contribution in [3.05, 3.63) is 99.5 Å². The highest BCUT2D eigenvalue weighted by Crippen LogP contribution is 2.61. The molecule has 192 valence electrons. The van der Waals surface area contributed by atoms with Crippen LogP contribution in [-0.4, -0.2) is 30.2 Å². The van der Waals surface area contributed by atoms with Crippen LogP contribution >= 0.6 is 23.2 Å². The zero-order chi connectivity index (χ0) is 26.6. The number of Topliss-reactive ketones (excluding diaryl/α,β-unsaturated/α-hetero) is 1. The summed E-state index contributed by atoms with van der Waals surface area (Å²) >= 11 is 11.9. The van der Waals surface area contributed by atoms with Crippen LogP contribution in [0.25, 0.3) is 0 Å². The Bertz CT molecular complexity index is 1460. The number of anilines is 1. The van der Waals surface area contributed by atoms with E-state index in [4.69, 9.17) is 27.9 Å². The van der Waals surface area contributed by atoms with Gasteiger partial charge in [0.1, 0.15) is 0 Å². The monoisotopic (exact) mass is 547 g/mol. The number of ether oxygens (including phenoxy) is 1. The highest BCUT2D eigenvalue weighted by Gasteiger charge is 2.64. The number of benzene rings is 3. The van der Waals surface area contributed by atoms with Crippen molar-refractivity contribution in [2.75, 3.05) is 11.5 Å². The predicted octanol–water partition coefficient (Wildman–Crippen LogP) is 5.96. The van der Waals surface area contributed by atoms with Gasteiger partial charge in [0, 0.05) is 10.6 Å². The van der Waals surface area contributed by atoms with E-state index in [1.807, 2.05) is 18.2 Å². The summed E-state index contributed by atoms with van der Waals surface area (Å²) in [6.07, 6.45) is 1.83. The Labute approximate surface area is 229 Å². The van der Waals surface area contributed by atoms with Crippen LogP contribution in [-0.2, 0) is 14.3 Å².